The highest BCUT2D eigenvalue weighted by molar-refractivity contribution is 5.14. The molecule has 2 heterocycles. The van der Waals surface area contributed by atoms with E-state index in [1.54, 1.807) is 0 Å². The maximum absolute atomic E-state index is 6.08. The summed E-state index contributed by atoms with van der Waals surface area (Å²) < 4.78 is 29.2. The van der Waals surface area contributed by atoms with Gasteiger partial charge in [-0.15, -0.1) is 0 Å². The Morgan fingerprint density at radius 3 is 2.65 bits per heavy atom. The van der Waals surface area contributed by atoms with Gasteiger partial charge in [0.1, 0.15) is 0 Å². The van der Waals surface area contributed by atoms with Crippen molar-refractivity contribution in [1.29, 1.82) is 0 Å². The number of benzene rings is 1. The van der Waals surface area contributed by atoms with Crippen molar-refractivity contribution in [1.82, 2.24) is 0 Å². The van der Waals surface area contributed by atoms with Crippen molar-refractivity contribution in [2.24, 2.45) is 0 Å². The average Bonchev–Trinajstić information content (AvgIpc) is 3.05. The summed E-state index contributed by atoms with van der Waals surface area (Å²) in [5.74, 6) is 0. The molecule has 3 rings (SSSR count). The van der Waals surface area contributed by atoms with Crippen LogP contribution in [0.3, 0.4) is 0 Å². The van der Waals surface area contributed by atoms with Crippen molar-refractivity contribution in [3.63, 3.8) is 0 Å². The molecule has 1 aromatic rings. The normalized spacial score (nSPS) is 29.2. The zero-order valence-corrected chi connectivity index (χ0v) is 15.9. The second kappa shape index (κ2) is 9.62. The van der Waals surface area contributed by atoms with Gasteiger partial charge in [-0.3, -0.25) is 0 Å². The molecule has 0 amide bonds. The van der Waals surface area contributed by atoms with Gasteiger partial charge in [-0.05, 0) is 44.4 Å². The van der Waals surface area contributed by atoms with E-state index >= 15 is 0 Å². The lowest BCUT2D eigenvalue weighted by Crippen LogP contribution is -2.42. The first kappa shape index (κ1) is 19.5. The van der Waals surface area contributed by atoms with Gasteiger partial charge in [0, 0.05) is 6.42 Å². The summed E-state index contributed by atoms with van der Waals surface area (Å²) in [4.78, 5) is 0. The molecule has 5 heteroatoms. The van der Waals surface area contributed by atoms with Gasteiger partial charge in [0.25, 0.3) is 0 Å². The molecule has 0 spiro atoms. The molecule has 1 aromatic carbocycles. The zero-order valence-electron chi connectivity index (χ0n) is 15.9. The van der Waals surface area contributed by atoms with Gasteiger partial charge in [-0.1, -0.05) is 30.3 Å². The smallest absolute Gasteiger partial charge is 0.178 e. The summed E-state index contributed by atoms with van der Waals surface area (Å²) in [7, 11) is 0. The molecular formula is C21H30O5. The first-order chi connectivity index (χ1) is 12.6. The lowest BCUT2D eigenvalue weighted by molar-refractivity contribution is -0.255. The van der Waals surface area contributed by atoms with E-state index in [4.69, 9.17) is 23.7 Å². The van der Waals surface area contributed by atoms with Crippen LogP contribution in [0.1, 0.15) is 39.2 Å². The van der Waals surface area contributed by atoms with E-state index in [9.17, 15) is 0 Å². The van der Waals surface area contributed by atoms with E-state index in [2.05, 4.69) is 12.1 Å². The monoisotopic (exact) mass is 362 g/mol. The molecule has 2 aliphatic rings. The molecule has 1 fully saturated rings. The van der Waals surface area contributed by atoms with E-state index < -0.39 is 0 Å². The van der Waals surface area contributed by atoms with Crippen LogP contribution in [0, 0.1) is 0 Å². The standard InChI is InChI=1S/C21H30O5/c1-15(2)24-20-10-9-19(16(3)25-20)26-21-11-18(14-23-21)13-22-12-17-7-5-4-6-8-17/h4-8,11,15-16,19-21H,9-10,12-14H2,1-3H3/t16-,19+,20+,21?/m0/s1. The maximum atomic E-state index is 6.08. The number of ether oxygens (including phenoxy) is 5. The molecule has 26 heavy (non-hydrogen) atoms. The minimum Gasteiger partial charge on any atom is -0.372 e. The second-order valence-corrected chi connectivity index (χ2v) is 7.19. The molecule has 144 valence electrons. The van der Waals surface area contributed by atoms with E-state index in [0.29, 0.717) is 19.8 Å². The van der Waals surface area contributed by atoms with Gasteiger partial charge < -0.3 is 23.7 Å². The van der Waals surface area contributed by atoms with E-state index in [0.717, 1.165) is 18.4 Å². The van der Waals surface area contributed by atoms with Gasteiger partial charge in [-0.2, -0.15) is 0 Å². The molecule has 1 unspecified atom stereocenters. The third kappa shape index (κ3) is 5.89. The quantitative estimate of drug-likeness (QED) is 0.658. The summed E-state index contributed by atoms with van der Waals surface area (Å²) in [5.41, 5.74) is 2.29. The Hall–Kier alpha value is -1.24. The Morgan fingerprint density at radius 2 is 1.92 bits per heavy atom. The van der Waals surface area contributed by atoms with Gasteiger partial charge in [0.15, 0.2) is 12.6 Å². The van der Waals surface area contributed by atoms with Crippen molar-refractivity contribution < 1.29 is 23.7 Å². The zero-order chi connectivity index (χ0) is 18.4. The van der Waals surface area contributed by atoms with Crippen LogP contribution in [0.5, 0.6) is 0 Å². The largest absolute Gasteiger partial charge is 0.372 e. The van der Waals surface area contributed by atoms with Gasteiger partial charge in [0.2, 0.25) is 0 Å². The fraction of sp³-hybridized carbons (Fsp3) is 0.619. The van der Waals surface area contributed by atoms with Gasteiger partial charge in [-0.25, -0.2) is 0 Å². The fourth-order valence-electron chi connectivity index (χ4n) is 3.21. The van der Waals surface area contributed by atoms with Crippen LogP contribution in [-0.4, -0.2) is 44.1 Å². The minimum atomic E-state index is -0.316. The Labute approximate surface area is 156 Å². The van der Waals surface area contributed by atoms with E-state index in [1.807, 2.05) is 45.0 Å². The average molecular weight is 362 g/mol. The van der Waals surface area contributed by atoms with Crippen LogP contribution in [0.15, 0.2) is 42.0 Å². The summed E-state index contributed by atoms with van der Waals surface area (Å²) >= 11 is 0. The Balaban J connectivity index is 1.39. The Kier molecular flexibility index (Phi) is 7.23. The summed E-state index contributed by atoms with van der Waals surface area (Å²) in [5, 5.41) is 0. The highest BCUT2D eigenvalue weighted by atomic mass is 16.7. The predicted molar refractivity (Wildman–Crippen MR) is 98.6 cm³/mol. The van der Waals surface area contributed by atoms with Crippen molar-refractivity contribution in [2.45, 2.75) is 71.1 Å². The molecule has 0 saturated carbocycles. The topological polar surface area (TPSA) is 46.2 Å². The van der Waals surface area contributed by atoms with Crippen molar-refractivity contribution >= 4 is 0 Å². The van der Waals surface area contributed by atoms with Crippen molar-refractivity contribution in [3.8, 4) is 0 Å². The highest BCUT2D eigenvalue weighted by Gasteiger charge is 2.32. The van der Waals surface area contributed by atoms with E-state index in [-0.39, 0.29) is 30.9 Å². The van der Waals surface area contributed by atoms with Gasteiger partial charge in [0.05, 0.1) is 38.1 Å². The number of hydrogen-bond donors (Lipinski definition) is 0. The van der Waals surface area contributed by atoms with Crippen LogP contribution in [0.25, 0.3) is 0 Å². The SMILES string of the molecule is CC(C)O[C@H]1CC[C@@H](OC2C=C(COCc3ccccc3)CO2)[C@H](C)O1. The molecule has 0 aliphatic carbocycles. The fourth-order valence-corrected chi connectivity index (χ4v) is 3.21. The van der Waals surface area contributed by atoms with Crippen LogP contribution in [0.2, 0.25) is 0 Å². The molecule has 0 aromatic heterocycles. The molecule has 0 N–H and O–H groups in total. The summed E-state index contributed by atoms with van der Waals surface area (Å²) in [6.45, 7) is 7.80. The van der Waals surface area contributed by atoms with Gasteiger partial charge >= 0.3 is 0 Å². The molecule has 4 atom stereocenters. The molecule has 2 aliphatic heterocycles. The van der Waals surface area contributed by atoms with Crippen LogP contribution >= 0.6 is 0 Å². The molecule has 0 radical (unpaired) electrons. The molecule has 0 bridgehead atoms. The van der Waals surface area contributed by atoms with Crippen LogP contribution in [-0.2, 0) is 30.3 Å². The highest BCUT2D eigenvalue weighted by Crippen LogP contribution is 2.26. The Bertz CT molecular complexity index is 571. The van der Waals surface area contributed by atoms with Crippen molar-refractivity contribution in [3.05, 3.63) is 47.5 Å². The minimum absolute atomic E-state index is 0.0112. The number of rotatable bonds is 8. The molecular weight excluding hydrogens is 332 g/mol. The molecule has 5 nitrogen and oxygen atoms in total. The third-order valence-corrected chi connectivity index (χ3v) is 4.51. The lowest BCUT2D eigenvalue weighted by Gasteiger charge is -2.35. The van der Waals surface area contributed by atoms with Crippen molar-refractivity contribution in [2.75, 3.05) is 13.2 Å². The van der Waals surface area contributed by atoms with Crippen LogP contribution < -0.4 is 0 Å². The Morgan fingerprint density at radius 1 is 1.12 bits per heavy atom. The molecule has 1 saturated heterocycles. The van der Waals surface area contributed by atoms with E-state index in [1.165, 1.54) is 5.56 Å². The number of hydrogen-bond acceptors (Lipinski definition) is 5. The second-order valence-electron chi connectivity index (χ2n) is 7.19. The first-order valence-corrected chi connectivity index (χ1v) is 9.49. The third-order valence-electron chi connectivity index (χ3n) is 4.51. The first-order valence-electron chi connectivity index (χ1n) is 9.49. The van der Waals surface area contributed by atoms with Crippen LogP contribution in [0.4, 0.5) is 0 Å². The predicted octanol–water partition coefficient (Wildman–Crippen LogP) is 3.82. The summed E-state index contributed by atoms with van der Waals surface area (Å²) in [6.07, 6.45) is 3.51. The lowest BCUT2D eigenvalue weighted by atomic mass is 10.1. The maximum Gasteiger partial charge on any atom is 0.178 e. The summed E-state index contributed by atoms with van der Waals surface area (Å²) in [6, 6.07) is 10.2.